The molecule has 1 fully saturated rings. The molecule has 2 nitrogen and oxygen atoms in total. The fourth-order valence-corrected chi connectivity index (χ4v) is 4.64. The summed E-state index contributed by atoms with van der Waals surface area (Å²) in [5.41, 5.74) is 2.83. The molecule has 1 aliphatic carbocycles. The van der Waals surface area contributed by atoms with Gasteiger partial charge in [0.15, 0.2) is 5.82 Å². The Morgan fingerprint density at radius 2 is 1.62 bits per heavy atom. The molecule has 0 amide bonds. The van der Waals surface area contributed by atoms with Crippen molar-refractivity contribution in [2.75, 3.05) is 0 Å². The van der Waals surface area contributed by atoms with Crippen molar-refractivity contribution in [1.82, 2.24) is 9.97 Å². The number of hydrogen-bond acceptors (Lipinski definition) is 2. The van der Waals surface area contributed by atoms with Crippen LogP contribution in [-0.2, 0) is 6.42 Å². The van der Waals surface area contributed by atoms with E-state index < -0.39 is 0 Å². The number of rotatable bonds is 10. The second kappa shape index (κ2) is 11.4. The molecule has 1 saturated carbocycles. The molecule has 1 aromatic carbocycles. The quantitative estimate of drug-likeness (QED) is 0.382. The van der Waals surface area contributed by atoms with Crippen molar-refractivity contribution in [2.45, 2.75) is 96.8 Å². The molecule has 0 radical (unpaired) electrons. The Bertz CT molecular complexity index is 733. The summed E-state index contributed by atoms with van der Waals surface area (Å²) < 4.78 is 14.9. The van der Waals surface area contributed by atoms with Crippen LogP contribution in [0.5, 0.6) is 0 Å². The smallest absolute Gasteiger partial charge is 0.159 e. The molecule has 1 heterocycles. The molecule has 0 atom stereocenters. The maximum Gasteiger partial charge on any atom is 0.159 e. The van der Waals surface area contributed by atoms with Crippen LogP contribution in [0.25, 0.3) is 11.4 Å². The summed E-state index contributed by atoms with van der Waals surface area (Å²) in [4.78, 5) is 8.98. The van der Waals surface area contributed by atoms with Gasteiger partial charge in [0.2, 0.25) is 0 Å². The van der Waals surface area contributed by atoms with Gasteiger partial charge in [-0.2, -0.15) is 0 Å². The second-order valence-electron chi connectivity index (χ2n) is 8.82. The molecule has 0 saturated heterocycles. The van der Waals surface area contributed by atoms with Gasteiger partial charge in [0.1, 0.15) is 5.82 Å². The van der Waals surface area contributed by atoms with Crippen LogP contribution < -0.4 is 0 Å². The van der Waals surface area contributed by atoms with E-state index in [1.54, 1.807) is 6.07 Å². The number of halogens is 1. The number of hydrogen-bond donors (Lipinski definition) is 0. The summed E-state index contributed by atoms with van der Waals surface area (Å²) in [5.74, 6) is 1.75. The van der Waals surface area contributed by atoms with Gasteiger partial charge in [0.25, 0.3) is 0 Å². The molecule has 3 rings (SSSR count). The molecule has 1 aromatic heterocycles. The van der Waals surface area contributed by atoms with Gasteiger partial charge < -0.3 is 0 Å². The van der Waals surface area contributed by atoms with Crippen molar-refractivity contribution >= 4 is 0 Å². The Kier molecular flexibility index (Phi) is 8.64. The van der Waals surface area contributed by atoms with Crippen LogP contribution in [-0.4, -0.2) is 9.97 Å². The highest BCUT2D eigenvalue weighted by Gasteiger charge is 2.24. The van der Waals surface area contributed by atoms with Crippen molar-refractivity contribution in [3.63, 3.8) is 0 Å². The summed E-state index contributed by atoms with van der Waals surface area (Å²) in [5, 5.41) is 0. The minimum absolute atomic E-state index is 0.0910. The first-order valence-corrected chi connectivity index (χ1v) is 11.8. The number of aromatic nitrogens is 2. The maximum atomic E-state index is 14.9. The Labute approximate surface area is 176 Å². The predicted molar refractivity (Wildman–Crippen MR) is 119 cm³/mol. The zero-order chi connectivity index (χ0) is 20.5. The third-order valence-electron chi connectivity index (χ3n) is 6.54. The third kappa shape index (κ3) is 6.35. The minimum Gasteiger partial charge on any atom is -0.236 e. The molecule has 0 bridgehead atoms. The highest BCUT2D eigenvalue weighted by Crippen LogP contribution is 2.39. The van der Waals surface area contributed by atoms with E-state index in [0.717, 1.165) is 36.3 Å². The monoisotopic (exact) mass is 396 g/mol. The summed E-state index contributed by atoms with van der Waals surface area (Å²) in [6.45, 7) is 4.48. The molecule has 158 valence electrons. The highest BCUT2D eigenvalue weighted by atomic mass is 19.1. The van der Waals surface area contributed by atoms with Crippen LogP contribution in [0, 0.1) is 11.7 Å². The average Bonchev–Trinajstić information content (AvgIpc) is 2.76. The average molecular weight is 397 g/mol. The van der Waals surface area contributed by atoms with E-state index in [9.17, 15) is 4.39 Å². The molecule has 0 unspecified atom stereocenters. The molecule has 0 aliphatic heterocycles. The van der Waals surface area contributed by atoms with Crippen molar-refractivity contribution in [3.8, 4) is 11.4 Å². The highest BCUT2D eigenvalue weighted by molar-refractivity contribution is 5.55. The van der Waals surface area contributed by atoms with Crippen LogP contribution >= 0.6 is 0 Å². The van der Waals surface area contributed by atoms with Gasteiger partial charge in [-0.25, -0.2) is 14.4 Å². The topological polar surface area (TPSA) is 25.8 Å². The van der Waals surface area contributed by atoms with Gasteiger partial charge in [-0.1, -0.05) is 64.5 Å². The van der Waals surface area contributed by atoms with Gasteiger partial charge in [-0.15, -0.1) is 0 Å². The van der Waals surface area contributed by atoms with Crippen molar-refractivity contribution in [3.05, 3.63) is 47.5 Å². The first kappa shape index (κ1) is 21.9. The predicted octanol–water partition coefficient (Wildman–Crippen LogP) is 7.87. The summed E-state index contributed by atoms with van der Waals surface area (Å²) in [7, 11) is 0. The SMILES string of the molecule is CCCCCCc1cnc(-c2ccc([C@H]3CC[C@H](CCCC)CC3)c(F)c2)nc1. The second-order valence-corrected chi connectivity index (χ2v) is 8.82. The lowest BCUT2D eigenvalue weighted by molar-refractivity contribution is 0.301. The fraction of sp³-hybridized carbons (Fsp3) is 0.615. The molecule has 1 aliphatic rings. The number of benzene rings is 1. The lowest BCUT2D eigenvalue weighted by Crippen LogP contribution is -2.14. The number of aryl methyl sites for hydroxylation is 1. The van der Waals surface area contributed by atoms with Gasteiger partial charge in [-0.3, -0.25) is 0 Å². The van der Waals surface area contributed by atoms with Crippen LogP contribution in [0.2, 0.25) is 0 Å². The van der Waals surface area contributed by atoms with Gasteiger partial charge >= 0.3 is 0 Å². The maximum absolute atomic E-state index is 14.9. The third-order valence-corrected chi connectivity index (χ3v) is 6.54. The van der Waals surface area contributed by atoms with Gasteiger partial charge in [-0.05, 0) is 67.6 Å². The Morgan fingerprint density at radius 3 is 2.28 bits per heavy atom. The lowest BCUT2D eigenvalue weighted by Gasteiger charge is -2.29. The van der Waals surface area contributed by atoms with Crippen LogP contribution in [0.4, 0.5) is 4.39 Å². The minimum atomic E-state index is -0.0910. The molecule has 29 heavy (non-hydrogen) atoms. The van der Waals surface area contributed by atoms with E-state index in [-0.39, 0.29) is 5.82 Å². The van der Waals surface area contributed by atoms with Crippen molar-refractivity contribution < 1.29 is 4.39 Å². The largest absolute Gasteiger partial charge is 0.236 e. The molecule has 0 N–H and O–H groups in total. The normalized spacial score (nSPS) is 19.4. The van der Waals surface area contributed by atoms with Crippen molar-refractivity contribution in [2.24, 2.45) is 5.92 Å². The summed E-state index contributed by atoms with van der Waals surface area (Å²) in [6, 6.07) is 5.61. The molecule has 0 spiro atoms. The van der Waals surface area contributed by atoms with Gasteiger partial charge in [0.05, 0.1) is 0 Å². The lowest BCUT2D eigenvalue weighted by atomic mass is 9.77. The van der Waals surface area contributed by atoms with Crippen molar-refractivity contribution in [1.29, 1.82) is 0 Å². The Hall–Kier alpha value is -1.77. The fourth-order valence-electron chi connectivity index (χ4n) is 4.64. The van der Waals surface area contributed by atoms with E-state index in [4.69, 9.17) is 0 Å². The van der Waals surface area contributed by atoms with E-state index in [2.05, 4.69) is 23.8 Å². The van der Waals surface area contributed by atoms with Crippen LogP contribution in [0.1, 0.15) is 102 Å². The van der Waals surface area contributed by atoms with E-state index in [1.165, 1.54) is 63.4 Å². The molecular formula is C26H37FN2. The molecular weight excluding hydrogens is 359 g/mol. The first-order chi connectivity index (χ1) is 14.2. The molecule has 3 heteroatoms. The zero-order valence-corrected chi connectivity index (χ0v) is 18.3. The van der Waals surface area contributed by atoms with Gasteiger partial charge in [0, 0.05) is 18.0 Å². The standard InChI is InChI=1S/C26H37FN2/c1-3-5-7-8-10-21-18-28-26(29-19-21)23-15-16-24(25(27)17-23)22-13-11-20(12-14-22)9-6-4-2/h15-20,22H,3-14H2,1-2H3/t20-,22-. The molecule has 2 aromatic rings. The zero-order valence-electron chi connectivity index (χ0n) is 18.3. The van der Waals surface area contributed by atoms with E-state index >= 15 is 0 Å². The van der Waals surface area contributed by atoms with Crippen LogP contribution in [0.15, 0.2) is 30.6 Å². The summed E-state index contributed by atoms with van der Waals surface area (Å²) in [6.07, 6.45) is 18.5. The van der Waals surface area contributed by atoms with E-state index in [0.29, 0.717) is 11.7 Å². The van der Waals surface area contributed by atoms with E-state index in [1.807, 2.05) is 24.5 Å². The Balaban J connectivity index is 1.58. The van der Waals surface area contributed by atoms with Crippen LogP contribution in [0.3, 0.4) is 0 Å². The number of unbranched alkanes of at least 4 members (excludes halogenated alkanes) is 4. The first-order valence-electron chi connectivity index (χ1n) is 11.8. The Morgan fingerprint density at radius 1 is 0.897 bits per heavy atom. The summed E-state index contributed by atoms with van der Waals surface area (Å²) >= 11 is 0. The number of nitrogens with zero attached hydrogens (tertiary/aromatic N) is 2.